The van der Waals surface area contributed by atoms with Gasteiger partial charge in [-0.25, -0.2) is 0 Å². The number of carbonyl (C=O) groups excluding carboxylic acids is 1. The molecule has 1 aromatic rings. The SMILES string of the molecule is O=CC[C@H]1[C@H](COCc2ccccc2)CC[C@H]1O. The van der Waals surface area contributed by atoms with Gasteiger partial charge < -0.3 is 14.6 Å². The molecule has 0 unspecified atom stereocenters. The largest absolute Gasteiger partial charge is 0.393 e. The van der Waals surface area contributed by atoms with Gasteiger partial charge in [0.15, 0.2) is 0 Å². The van der Waals surface area contributed by atoms with Crippen LogP contribution in [-0.2, 0) is 16.1 Å². The standard InChI is InChI=1S/C15H20O3/c16-9-8-14-13(6-7-15(14)17)11-18-10-12-4-2-1-3-5-12/h1-5,9,13-15,17H,6-8,10-11H2/t13-,14-,15+/m0/s1. The van der Waals surface area contributed by atoms with Gasteiger partial charge in [0.1, 0.15) is 6.29 Å². The molecule has 0 bridgehead atoms. The Labute approximate surface area is 108 Å². The van der Waals surface area contributed by atoms with Crippen molar-refractivity contribution in [3.05, 3.63) is 35.9 Å². The summed E-state index contributed by atoms with van der Waals surface area (Å²) in [4.78, 5) is 10.6. The maximum absolute atomic E-state index is 10.6. The van der Waals surface area contributed by atoms with E-state index in [1.165, 1.54) is 0 Å². The molecule has 1 N–H and O–H groups in total. The number of aliphatic hydroxyl groups excluding tert-OH is 1. The summed E-state index contributed by atoms with van der Waals surface area (Å²) in [6, 6.07) is 10.0. The van der Waals surface area contributed by atoms with Crippen LogP contribution < -0.4 is 0 Å². The summed E-state index contributed by atoms with van der Waals surface area (Å²) in [5.41, 5.74) is 1.16. The minimum atomic E-state index is -0.333. The molecule has 3 heteroatoms. The second-order valence-corrected chi connectivity index (χ2v) is 4.97. The van der Waals surface area contributed by atoms with Crippen molar-refractivity contribution in [2.75, 3.05) is 6.61 Å². The topological polar surface area (TPSA) is 46.5 Å². The van der Waals surface area contributed by atoms with E-state index in [9.17, 15) is 9.90 Å². The third-order valence-electron chi connectivity index (χ3n) is 3.74. The molecule has 2 rings (SSSR count). The summed E-state index contributed by atoms with van der Waals surface area (Å²) in [6.07, 6.45) is 2.76. The van der Waals surface area contributed by atoms with Gasteiger partial charge in [0, 0.05) is 6.42 Å². The van der Waals surface area contributed by atoms with Crippen molar-refractivity contribution < 1.29 is 14.6 Å². The van der Waals surface area contributed by atoms with Gasteiger partial charge in [0.2, 0.25) is 0 Å². The number of ether oxygens (including phenoxy) is 1. The van der Waals surface area contributed by atoms with Crippen molar-refractivity contribution >= 4 is 6.29 Å². The van der Waals surface area contributed by atoms with Gasteiger partial charge in [-0.05, 0) is 30.2 Å². The highest BCUT2D eigenvalue weighted by atomic mass is 16.5. The van der Waals surface area contributed by atoms with E-state index in [-0.39, 0.29) is 12.0 Å². The molecule has 1 aliphatic rings. The zero-order valence-corrected chi connectivity index (χ0v) is 10.5. The molecule has 0 aromatic heterocycles. The number of aldehydes is 1. The Balaban J connectivity index is 1.77. The zero-order valence-electron chi connectivity index (χ0n) is 10.5. The first-order valence-corrected chi connectivity index (χ1v) is 6.54. The van der Waals surface area contributed by atoms with Crippen LogP contribution in [0.4, 0.5) is 0 Å². The molecule has 0 spiro atoms. The summed E-state index contributed by atoms with van der Waals surface area (Å²) in [5, 5.41) is 9.79. The highest BCUT2D eigenvalue weighted by molar-refractivity contribution is 5.50. The van der Waals surface area contributed by atoms with Crippen LogP contribution >= 0.6 is 0 Å². The number of hydrogen-bond donors (Lipinski definition) is 1. The van der Waals surface area contributed by atoms with Crippen LogP contribution in [0, 0.1) is 11.8 Å². The fraction of sp³-hybridized carbons (Fsp3) is 0.533. The third-order valence-corrected chi connectivity index (χ3v) is 3.74. The van der Waals surface area contributed by atoms with Crippen molar-refractivity contribution in [3.63, 3.8) is 0 Å². The van der Waals surface area contributed by atoms with Crippen molar-refractivity contribution in [1.29, 1.82) is 0 Å². The van der Waals surface area contributed by atoms with Crippen LogP contribution in [-0.4, -0.2) is 24.1 Å². The second-order valence-electron chi connectivity index (χ2n) is 4.97. The van der Waals surface area contributed by atoms with Crippen LogP contribution in [0.2, 0.25) is 0 Å². The van der Waals surface area contributed by atoms with Gasteiger partial charge in [-0.15, -0.1) is 0 Å². The fourth-order valence-electron chi connectivity index (χ4n) is 2.70. The van der Waals surface area contributed by atoms with Crippen molar-refractivity contribution in [3.8, 4) is 0 Å². The molecule has 0 saturated heterocycles. The average molecular weight is 248 g/mol. The lowest BCUT2D eigenvalue weighted by Gasteiger charge is -2.19. The first kappa shape index (κ1) is 13.2. The van der Waals surface area contributed by atoms with Gasteiger partial charge in [0.05, 0.1) is 19.3 Å². The monoisotopic (exact) mass is 248 g/mol. The second kappa shape index (κ2) is 6.66. The number of aliphatic hydroxyl groups is 1. The van der Waals surface area contributed by atoms with Gasteiger partial charge in [-0.1, -0.05) is 30.3 Å². The molecule has 18 heavy (non-hydrogen) atoms. The maximum Gasteiger partial charge on any atom is 0.120 e. The highest BCUT2D eigenvalue weighted by Gasteiger charge is 2.34. The van der Waals surface area contributed by atoms with E-state index in [1.807, 2.05) is 30.3 Å². The first-order valence-electron chi connectivity index (χ1n) is 6.54. The molecule has 0 amide bonds. The maximum atomic E-state index is 10.6. The Morgan fingerprint density at radius 2 is 2.06 bits per heavy atom. The Morgan fingerprint density at radius 3 is 2.78 bits per heavy atom. The molecular formula is C15H20O3. The molecule has 1 aromatic carbocycles. The van der Waals surface area contributed by atoms with Crippen molar-refractivity contribution in [2.45, 2.75) is 32.0 Å². The molecule has 0 radical (unpaired) electrons. The molecule has 1 aliphatic carbocycles. The quantitative estimate of drug-likeness (QED) is 0.785. The summed E-state index contributed by atoms with van der Waals surface area (Å²) in [7, 11) is 0. The van der Waals surface area contributed by atoms with E-state index in [1.54, 1.807) is 0 Å². The molecule has 3 nitrogen and oxygen atoms in total. The van der Waals surface area contributed by atoms with E-state index in [0.29, 0.717) is 25.6 Å². The van der Waals surface area contributed by atoms with Gasteiger partial charge in [-0.3, -0.25) is 0 Å². The summed E-state index contributed by atoms with van der Waals surface area (Å²) < 4.78 is 5.70. The Kier molecular flexibility index (Phi) is 4.90. The summed E-state index contributed by atoms with van der Waals surface area (Å²) >= 11 is 0. The lowest BCUT2D eigenvalue weighted by Crippen LogP contribution is -2.22. The van der Waals surface area contributed by atoms with E-state index in [2.05, 4.69) is 0 Å². The summed E-state index contributed by atoms with van der Waals surface area (Å²) in [5.74, 6) is 0.396. The number of rotatable bonds is 6. The van der Waals surface area contributed by atoms with E-state index < -0.39 is 0 Å². The third kappa shape index (κ3) is 3.40. The van der Waals surface area contributed by atoms with Crippen molar-refractivity contribution in [1.82, 2.24) is 0 Å². The molecule has 98 valence electrons. The summed E-state index contributed by atoms with van der Waals surface area (Å²) in [6.45, 7) is 1.23. The minimum Gasteiger partial charge on any atom is -0.393 e. The Hall–Kier alpha value is -1.19. The van der Waals surface area contributed by atoms with Crippen LogP contribution in [0.3, 0.4) is 0 Å². The molecule has 0 aliphatic heterocycles. The predicted molar refractivity (Wildman–Crippen MR) is 69.0 cm³/mol. The fourth-order valence-corrected chi connectivity index (χ4v) is 2.70. The smallest absolute Gasteiger partial charge is 0.120 e. The van der Waals surface area contributed by atoms with Crippen LogP contribution in [0.15, 0.2) is 30.3 Å². The molecule has 3 atom stereocenters. The van der Waals surface area contributed by atoms with E-state index in [0.717, 1.165) is 24.7 Å². The number of hydrogen-bond acceptors (Lipinski definition) is 3. The van der Waals surface area contributed by atoms with Crippen LogP contribution in [0.25, 0.3) is 0 Å². The molecule has 0 heterocycles. The van der Waals surface area contributed by atoms with E-state index in [4.69, 9.17) is 4.74 Å². The minimum absolute atomic E-state index is 0.0817. The highest BCUT2D eigenvalue weighted by Crippen LogP contribution is 2.34. The van der Waals surface area contributed by atoms with Crippen LogP contribution in [0.1, 0.15) is 24.8 Å². The van der Waals surface area contributed by atoms with Gasteiger partial charge >= 0.3 is 0 Å². The van der Waals surface area contributed by atoms with Gasteiger partial charge in [0.25, 0.3) is 0 Å². The Morgan fingerprint density at radius 1 is 1.28 bits per heavy atom. The van der Waals surface area contributed by atoms with Crippen LogP contribution in [0.5, 0.6) is 0 Å². The average Bonchev–Trinajstić information content (AvgIpc) is 2.73. The predicted octanol–water partition coefficient (Wildman–Crippen LogP) is 2.18. The lowest BCUT2D eigenvalue weighted by atomic mass is 9.93. The van der Waals surface area contributed by atoms with E-state index >= 15 is 0 Å². The van der Waals surface area contributed by atoms with Crippen molar-refractivity contribution in [2.24, 2.45) is 11.8 Å². The Bertz CT molecular complexity index is 363. The number of carbonyl (C=O) groups is 1. The first-order chi connectivity index (χ1) is 8.81. The zero-order chi connectivity index (χ0) is 12.8. The molecule has 1 saturated carbocycles. The molecule has 1 fully saturated rings. The lowest BCUT2D eigenvalue weighted by molar-refractivity contribution is -0.109. The van der Waals surface area contributed by atoms with Gasteiger partial charge in [-0.2, -0.15) is 0 Å². The number of benzene rings is 1. The normalized spacial score (nSPS) is 27.3. The molecular weight excluding hydrogens is 228 g/mol.